The van der Waals surface area contributed by atoms with Crippen molar-refractivity contribution >= 4 is 34.7 Å². The van der Waals surface area contributed by atoms with Gasteiger partial charge in [-0.1, -0.05) is 6.07 Å². The number of carbonyl (C=O) groups excluding carboxylic acids is 2. The Hall–Kier alpha value is -1.62. The van der Waals surface area contributed by atoms with E-state index in [2.05, 4.69) is 10.5 Å². The van der Waals surface area contributed by atoms with Crippen LogP contribution < -0.4 is 5.43 Å². The molecular formula is C12H14N2O2S. The number of benzene rings is 1. The van der Waals surface area contributed by atoms with Gasteiger partial charge < -0.3 is 0 Å². The Kier molecular flexibility index (Phi) is 4.90. The van der Waals surface area contributed by atoms with Crippen LogP contribution in [0.3, 0.4) is 0 Å². The van der Waals surface area contributed by atoms with Crippen LogP contribution in [0.2, 0.25) is 0 Å². The Bertz CT molecular complexity index is 453. The van der Waals surface area contributed by atoms with E-state index in [-0.39, 0.29) is 17.3 Å². The number of thioether (sulfide) groups is 1. The molecule has 0 spiro atoms. The molecule has 0 aliphatic heterocycles. The number of ketones is 2. The number of hydrogen-bond donors (Lipinski definition) is 1. The smallest absolute Gasteiger partial charge is 0.183 e. The fraction of sp³-hybridized carbons (Fsp3) is 0.250. The van der Waals surface area contributed by atoms with E-state index in [1.54, 1.807) is 11.8 Å². The molecule has 0 aliphatic rings. The average Bonchev–Trinajstić information content (AvgIpc) is 2.28. The van der Waals surface area contributed by atoms with Crippen LogP contribution in [0.1, 0.15) is 13.8 Å². The Balaban J connectivity index is 2.86. The lowest BCUT2D eigenvalue weighted by molar-refractivity contribution is -0.114. The van der Waals surface area contributed by atoms with Gasteiger partial charge in [-0.15, -0.1) is 11.8 Å². The summed E-state index contributed by atoms with van der Waals surface area (Å²) in [5.74, 6) is -0.683. The zero-order chi connectivity index (χ0) is 12.8. The molecule has 0 aromatic heterocycles. The molecule has 0 bridgehead atoms. The minimum atomic E-state index is -0.342. The van der Waals surface area contributed by atoms with Gasteiger partial charge in [0.15, 0.2) is 17.3 Å². The van der Waals surface area contributed by atoms with E-state index in [4.69, 9.17) is 0 Å². The minimum absolute atomic E-state index is 0.0699. The molecule has 0 unspecified atom stereocenters. The molecule has 17 heavy (non-hydrogen) atoms. The molecule has 0 aliphatic carbocycles. The topological polar surface area (TPSA) is 58.5 Å². The summed E-state index contributed by atoms with van der Waals surface area (Å²) in [6, 6.07) is 7.56. The van der Waals surface area contributed by atoms with Gasteiger partial charge >= 0.3 is 0 Å². The van der Waals surface area contributed by atoms with Gasteiger partial charge in [-0.3, -0.25) is 15.0 Å². The van der Waals surface area contributed by atoms with Crippen molar-refractivity contribution in [2.24, 2.45) is 5.10 Å². The van der Waals surface area contributed by atoms with Crippen LogP contribution in [0.25, 0.3) is 0 Å². The number of rotatable bonds is 5. The third-order valence-corrected chi connectivity index (χ3v) is 2.76. The molecular weight excluding hydrogens is 236 g/mol. The highest BCUT2D eigenvalue weighted by atomic mass is 32.2. The first-order chi connectivity index (χ1) is 8.04. The largest absolute Gasteiger partial charge is 0.293 e. The predicted molar refractivity (Wildman–Crippen MR) is 70.6 cm³/mol. The molecule has 90 valence electrons. The van der Waals surface area contributed by atoms with Gasteiger partial charge in [-0.2, -0.15) is 5.10 Å². The highest BCUT2D eigenvalue weighted by Crippen LogP contribution is 2.18. The molecule has 0 radical (unpaired) electrons. The summed E-state index contributed by atoms with van der Waals surface area (Å²) >= 11 is 1.61. The van der Waals surface area contributed by atoms with Crippen LogP contribution in [-0.2, 0) is 9.59 Å². The summed E-state index contributed by atoms with van der Waals surface area (Å²) in [5.41, 5.74) is 3.39. The number of anilines is 1. The summed E-state index contributed by atoms with van der Waals surface area (Å²) < 4.78 is 0. The second-order valence-corrected chi connectivity index (χ2v) is 4.30. The van der Waals surface area contributed by atoms with E-state index < -0.39 is 0 Å². The highest BCUT2D eigenvalue weighted by Gasteiger charge is 2.11. The molecule has 0 heterocycles. The molecule has 0 saturated heterocycles. The van der Waals surface area contributed by atoms with Gasteiger partial charge in [-0.25, -0.2) is 0 Å². The van der Waals surface area contributed by atoms with Crippen LogP contribution in [0, 0.1) is 0 Å². The van der Waals surface area contributed by atoms with E-state index in [0.717, 1.165) is 10.6 Å². The Labute approximate surface area is 104 Å². The quantitative estimate of drug-likeness (QED) is 0.377. The summed E-state index contributed by atoms with van der Waals surface area (Å²) in [7, 11) is 0. The van der Waals surface area contributed by atoms with Crippen LogP contribution in [-0.4, -0.2) is 23.5 Å². The van der Waals surface area contributed by atoms with Gasteiger partial charge in [0.05, 0.1) is 5.69 Å². The molecule has 0 atom stereocenters. The van der Waals surface area contributed by atoms with Crippen molar-refractivity contribution in [3.63, 3.8) is 0 Å². The third-order valence-electron chi connectivity index (χ3n) is 2.03. The summed E-state index contributed by atoms with van der Waals surface area (Å²) in [4.78, 5) is 23.3. The lowest BCUT2D eigenvalue weighted by Crippen LogP contribution is -2.20. The number of Topliss-reactive ketones (excluding diaryl/α,β-unsaturated/α-hetero) is 2. The first kappa shape index (κ1) is 13.4. The van der Waals surface area contributed by atoms with Crippen LogP contribution in [0.5, 0.6) is 0 Å². The molecule has 1 aromatic rings. The standard InChI is InChI=1S/C12H14N2O2S/c1-8(15)12(9(2)16)14-13-10-5-4-6-11(7-10)17-3/h4-7,13H,1-3H3. The van der Waals surface area contributed by atoms with Crippen LogP contribution in [0.4, 0.5) is 5.69 Å². The normalized spacial score (nSPS) is 9.59. The monoisotopic (exact) mass is 250 g/mol. The lowest BCUT2D eigenvalue weighted by Gasteiger charge is -2.03. The van der Waals surface area contributed by atoms with Crippen molar-refractivity contribution in [1.82, 2.24) is 0 Å². The fourth-order valence-corrected chi connectivity index (χ4v) is 1.68. The fourth-order valence-electron chi connectivity index (χ4n) is 1.22. The first-order valence-electron chi connectivity index (χ1n) is 5.04. The van der Waals surface area contributed by atoms with E-state index >= 15 is 0 Å². The molecule has 5 heteroatoms. The zero-order valence-corrected chi connectivity index (χ0v) is 10.8. The van der Waals surface area contributed by atoms with E-state index in [0.29, 0.717) is 0 Å². The van der Waals surface area contributed by atoms with Gasteiger partial charge in [0.25, 0.3) is 0 Å². The third kappa shape index (κ3) is 4.03. The van der Waals surface area contributed by atoms with Crippen molar-refractivity contribution in [3.05, 3.63) is 24.3 Å². The van der Waals surface area contributed by atoms with Gasteiger partial charge in [0, 0.05) is 18.7 Å². The molecule has 0 amide bonds. The Morgan fingerprint density at radius 1 is 1.24 bits per heavy atom. The summed E-state index contributed by atoms with van der Waals surface area (Å²) in [6.07, 6.45) is 1.97. The van der Waals surface area contributed by atoms with Crippen molar-refractivity contribution < 1.29 is 9.59 Å². The van der Waals surface area contributed by atoms with E-state index in [9.17, 15) is 9.59 Å². The zero-order valence-electron chi connectivity index (χ0n) is 9.98. The summed E-state index contributed by atoms with van der Waals surface area (Å²) in [5, 5.41) is 3.83. The Morgan fingerprint density at radius 2 is 1.88 bits per heavy atom. The number of hydrazone groups is 1. The maximum atomic E-state index is 11.1. The minimum Gasteiger partial charge on any atom is -0.293 e. The highest BCUT2D eigenvalue weighted by molar-refractivity contribution is 7.98. The van der Waals surface area contributed by atoms with Gasteiger partial charge in [0.1, 0.15) is 0 Å². The number of hydrogen-bond acceptors (Lipinski definition) is 5. The second kappa shape index (κ2) is 6.20. The average molecular weight is 250 g/mol. The molecule has 1 aromatic carbocycles. The van der Waals surface area contributed by atoms with E-state index in [1.807, 2.05) is 30.5 Å². The van der Waals surface area contributed by atoms with Crippen molar-refractivity contribution in [2.75, 3.05) is 11.7 Å². The number of carbonyl (C=O) groups is 2. The molecule has 4 nitrogen and oxygen atoms in total. The van der Waals surface area contributed by atoms with Crippen molar-refractivity contribution in [3.8, 4) is 0 Å². The van der Waals surface area contributed by atoms with Gasteiger partial charge in [0.2, 0.25) is 0 Å². The Morgan fingerprint density at radius 3 is 2.41 bits per heavy atom. The maximum absolute atomic E-state index is 11.1. The predicted octanol–water partition coefficient (Wildman–Crippen LogP) is 2.35. The van der Waals surface area contributed by atoms with E-state index in [1.165, 1.54) is 13.8 Å². The molecule has 1 rings (SSSR count). The number of nitrogens with zero attached hydrogens (tertiary/aromatic N) is 1. The SMILES string of the molecule is CSc1cccc(NN=C(C(C)=O)C(C)=O)c1. The van der Waals surface area contributed by atoms with Crippen LogP contribution in [0.15, 0.2) is 34.3 Å². The molecule has 1 N–H and O–H groups in total. The first-order valence-corrected chi connectivity index (χ1v) is 6.26. The second-order valence-electron chi connectivity index (χ2n) is 3.42. The van der Waals surface area contributed by atoms with Crippen molar-refractivity contribution in [2.45, 2.75) is 18.7 Å². The summed E-state index contributed by atoms with van der Waals surface area (Å²) in [6.45, 7) is 2.64. The van der Waals surface area contributed by atoms with Gasteiger partial charge in [-0.05, 0) is 24.5 Å². The maximum Gasteiger partial charge on any atom is 0.183 e. The van der Waals surface area contributed by atoms with Crippen molar-refractivity contribution in [1.29, 1.82) is 0 Å². The van der Waals surface area contributed by atoms with Crippen LogP contribution >= 0.6 is 11.8 Å². The molecule has 0 saturated carbocycles. The lowest BCUT2D eigenvalue weighted by atomic mass is 10.2. The molecule has 0 fully saturated rings. The number of nitrogens with one attached hydrogen (secondary N) is 1.